The first-order valence-electron chi connectivity index (χ1n) is 9.62. The van der Waals surface area contributed by atoms with Gasteiger partial charge in [-0.15, -0.1) is 0 Å². The van der Waals surface area contributed by atoms with Crippen LogP contribution >= 0.6 is 0 Å². The quantitative estimate of drug-likeness (QED) is 0.811. The monoisotopic (exact) mass is 401 g/mol. The Morgan fingerprint density at radius 1 is 1.24 bits per heavy atom. The zero-order valence-electron chi connectivity index (χ0n) is 17.1. The number of rotatable bonds is 4. The maximum atomic E-state index is 12.2. The molecule has 0 bridgehead atoms. The van der Waals surface area contributed by atoms with Crippen LogP contribution < -0.4 is 16.6 Å². The van der Waals surface area contributed by atoms with Crippen LogP contribution in [0, 0.1) is 0 Å². The fraction of sp³-hybridized carbons (Fsp3) is 0.500. The van der Waals surface area contributed by atoms with Crippen LogP contribution in [0.4, 0.5) is 10.6 Å². The number of nitrogens with one attached hydrogen (secondary N) is 1. The van der Waals surface area contributed by atoms with Crippen molar-refractivity contribution < 1.29 is 9.90 Å². The molecule has 2 atom stereocenters. The minimum absolute atomic E-state index is 0.0461. The van der Waals surface area contributed by atoms with Crippen LogP contribution in [0.15, 0.2) is 40.2 Å². The molecule has 1 aliphatic rings. The summed E-state index contributed by atoms with van der Waals surface area (Å²) in [5.41, 5.74) is -0.906. The van der Waals surface area contributed by atoms with Crippen molar-refractivity contribution in [3.63, 3.8) is 0 Å². The van der Waals surface area contributed by atoms with Gasteiger partial charge >= 0.3 is 11.8 Å². The van der Waals surface area contributed by atoms with Crippen LogP contribution in [0.3, 0.4) is 0 Å². The minimum atomic E-state index is -0.902. The molecule has 156 valence electrons. The molecule has 2 heterocycles. The maximum absolute atomic E-state index is 12.2. The molecule has 9 heteroatoms. The zero-order valence-corrected chi connectivity index (χ0v) is 17.1. The van der Waals surface area contributed by atoms with Crippen molar-refractivity contribution in [1.82, 2.24) is 19.0 Å². The molecule has 0 aromatic carbocycles. The van der Waals surface area contributed by atoms with E-state index in [1.165, 1.54) is 27.9 Å². The van der Waals surface area contributed by atoms with Gasteiger partial charge in [0.25, 0.3) is 5.56 Å². The summed E-state index contributed by atoms with van der Waals surface area (Å²) in [6.07, 6.45) is 4.34. The number of amides is 1. The predicted molar refractivity (Wildman–Crippen MR) is 110 cm³/mol. The maximum Gasteiger partial charge on any atom is 0.407 e. The van der Waals surface area contributed by atoms with Crippen molar-refractivity contribution >= 4 is 11.9 Å². The fourth-order valence-electron chi connectivity index (χ4n) is 3.93. The van der Waals surface area contributed by atoms with E-state index in [1.54, 1.807) is 19.2 Å². The number of carbonyl (C=O) groups is 1. The second kappa shape index (κ2) is 7.73. The Balaban J connectivity index is 1.72. The number of pyridine rings is 1. The Bertz CT molecular complexity index is 1000. The molecule has 0 unspecified atom stereocenters. The van der Waals surface area contributed by atoms with Crippen LogP contribution in [0.5, 0.6) is 0 Å². The molecule has 9 nitrogen and oxygen atoms in total. The normalized spacial score (nSPS) is 19.2. The minimum Gasteiger partial charge on any atom is -0.465 e. The van der Waals surface area contributed by atoms with E-state index in [2.05, 4.69) is 10.3 Å². The first kappa shape index (κ1) is 20.6. The summed E-state index contributed by atoms with van der Waals surface area (Å²) in [5, 5.41) is 12.9. The third-order valence-corrected chi connectivity index (χ3v) is 5.21. The van der Waals surface area contributed by atoms with Crippen molar-refractivity contribution in [1.29, 1.82) is 0 Å². The lowest BCUT2D eigenvalue weighted by Crippen LogP contribution is -2.50. The van der Waals surface area contributed by atoms with Gasteiger partial charge in [-0.25, -0.2) is 19.1 Å². The number of hydrogen-bond acceptors (Lipinski definition) is 5. The number of anilines is 1. The molecular formula is C20H27N5O4. The molecule has 1 aliphatic carbocycles. The van der Waals surface area contributed by atoms with Gasteiger partial charge in [-0.05, 0) is 52.2 Å². The van der Waals surface area contributed by atoms with E-state index in [0.29, 0.717) is 17.9 Å². The van der Waals surface area contributed by atoms with Crippen LogP contribution in [0.25, 0.3) is 5.69 Å². The van der Waals surface area contributed by atoms with Crippen molar-refractivity contribution in [3.05, 3.63) is 51.4 Å². The topological polar surface area (TPSA) is 109 Å². The first-order chi connectivity index (χ1) is 13.6. The van der Waals surface area contributed by atoms with Gasteiger partial charge in [-0.2, -0.15) is 0 Å². The molecule has 1 amide bonds. The molecule has 2 aromatic heterocycles. The van der Waals surface area contributed by atoms with E-state index in [0.717, 1.165) is 17.4 Å². The van der Waals surface area contributed by atoms with E-state index < -0.39 is 22.9 Å². The van der Waals surface area contributed by atoms with Crippen molar-refractivity contribution in [2.24, 2.45) is 7.05 Å². The highest BCUT2D eigenvalue weighted by atomic mass is 16.4. The molecule has 29 heavy (non-hydrogen) atoms. The third kappa shape index (κ3) is 4.33. The van der Waals surface area contributed by atoms with Crippen molar-refractivity contribution in [2.45, 2.75) is 57.7 Å². The van der Waals surface area contributed by atoms with Gasteiger partial charge in [0.2, 0.25) is 0 Å². The zero-order chi connectivity index (χ0) is 21.3. The average molecular weight is 401 g/mol. The molecular weight excluding hydrogens is 374 g/mol. The molecule has 0 radical (unpaired) electrons. The summed E-state index contributed by atoms with van der Waals surface area (Å²) in [6.45, 7) is 5.70. The summed E-state index contributed by atoms with van der Waals surface area (Å²) in [7, 11) is 1.58. The van der Waals surface area contributed by atoms with Gasteiger partial charge in [0.1, 0.15) is 5.82 Å². The van der Waals surface area contributed by atoms with E-state index in [4.69, 9.17) is 0 Å². The summed E-state index contributed by atoms with van der Waals surface area (Å²) < 4.78 is 2.39. The Kier molecular flexibility index (Phi) is 5.50. The summed E-state index contributed by atoms with van der Waals surface area (Å²) in [6, 6.07) is 4.78. The molecule has 3 rings (SSSR count). The summed E-state index contributed by atoms with van der Waals surface area (Å²) in [4.78, 5) is 41.8. The number of carboxylic acid groups (broad SMARTS) is 1. The smallest absolute Gasteiger partial charge is 0.407 e. The van der Waals surface area contributed by atoms with E-state index in [-0.39, 0.29) is 12.1 Å². The number of aromatic nitrogens is 3. The summed E-state index contributed by atoms with van der Waals surface area (Å²) in [5.74, 6) is 0.623. The Labute approximate surface area is 168 Å². The third-order valence-electron chi connectivity index (χ3n) is 5.21. The highest BCUT2D eigenvalue weighted by molar-refractivity contribution is 5.66. The van der Waals surface area contributed by atoms with E-state index >= 15 is 0 Å². The highest BCUT2D eigenvalue weighted by Gasteiger charge is 2.37. The Morgan fingerprint density at radius 3 is 2.55 bits per heavy atom. The van der Waals surface area contributed by atoms with Crippen molar-refractivity contribution in [2.75, 3.05) is 5.32 Å². The van der Waals surface area contributed by atoms with Crippen molar-refractivity contribution in [3.8, 4) is 5.69 Å². The summed E-state index contributed by atoms with van der Waals surface area (Å²) >= 11 is 0. The molecule has 0 aliphatic heterocycles. The lowest BCUT2D eigenvalue weighted by molar-refractivity contribution is 0.0718. The molecule has 1 saturated carbocycles. The van der Waals surface area contributed by atoms with Crippen LogP contribution in [0.1, 0.15) is 40.0 Å². The van der Waals surface area contributed by atoms with Gasteiger partial charge in [0.05, 0.1) is 11.9 Å². The second-order valence-corrected chi connectivity index (χ2v) is 8.42. The van der Waals surface area contributed by atoms with Gasteiger partial charge in [-0.1, -0.05) is 0 Å². The standard InChI is InChI=1S/C20H27N5O4/c1-20(2,3)25(19(28)29)14-6-5-13(11-14)22-16-8-7-15(12-21-16)24-17(26)9-10-23(4)18(24)27/h7-10,12-14H,5-6,11H2,1-4H3,(H,21,22)(H,28,29)/t13-,14-/m0/s1. The molecule has 1 fully saturated rings. The molecule has 0 spiro atoms. The van der Waals surface area contributed by atoms with Gasteiger partial charge in [-0.3, -0.25) is 4.79 Å². The first-order valence-corrected chi connectivity index (χ1v) is 9.62. The van der Waals surface area contributed by atoms with Gasteiger partial charge < -0.3 is 19.9 Å². The number of aryl methyl sites for hydroxylation is 1. The van der Waals surface area contributed by atoms with Crippen LogP contribution in [-0.2, 0) is 7.05 Å². The molecule has 2 aromatic rings. The Hall–Kier alpha value is -3.10. The molecule has 0 saturated heterocycles. The lowest BCUT2D eigenvalue weighted by atomic mass is 10.0. The highest BCUT2D eigenvalue weighted by Crippen LogP contribution is 2.31. The number of hydrogen-bond donors (Lipinski definition) is 2. The largest absolute Gasteiger partial charge is 0.465 e. The lowest BCUT2D eigenvalue weighted by Gasteiger charge is -2.38. The van der Waals surface area contributed by atoms with Crippen LogP contribution in [-0.4, -0.2) is 47.8 Å². The molecule has 2 N–H and O–H groups in total. The SMILES string of the molecule is Cn1ccc(=O)n(-c2ccc(N[C@H]3CC[C@H](N(C(=O)O)C(C)(C)C)C3)nc2)c1=O. The van der Waals surface area contributed by atoms with Gasteiger partial charge in [0, 0.05) is 36.9 Å². The van der Waals surface area contributed by atoms with Gasteiger partial charge in [0.15, 0.2) is 0 Å². The van der Waals surface area contributed by atoms with Crippen LogP contribution in [0.2, 0.25) is 0 Å². The number of nitrogens with zero attached hydrogens (tertiary/aromatic N) is 4. The fourth-order valence-corrected chi connectivity index (χ4v) is 3.93. The Morgan fingerprint density at radius 2 is 1.97 bits per heavy atom. The average Bonchev–Trinajstić information content (AvgIpc) is 3.06. The predicted octanol–water partition coefficient (Wildman–Crippen LogP) is 2.04. The second-order valence-electron chi connectivity index (χ2n) is 8.42. The van der Waals surface area contributed by atoms with E-state index in [1.807, 2.05) is 20.8 Å². The van der Waals surface area contributed by atoms with E-state index in [9.17, 15) is 19.5 Å².